The third-order valence-electron chi connectivity index (χ3n) is 5.89. The highest BCUT2D eigenvalue weighted by Crippen LogP contribution is 2.44. The standard InChI is InChI=1S/C26H23NO6/c28-13-16-6-5-7-17(14-29)24(16)25(31)23(30)12-27-26(32)33-15-22-20-10-3-1-8-18(20)19-9-2-4-11-21(19)22/h1-11,13-14,22-23,25,30-31H,12,15H2,(H,27,32). The third kappa shape index (κ3) is 4.41. The lowest BCUT2D eigenvalue weighted by molar-refractivity contribution is 0.0178. The van der Waals surface area contributed by atoms with Crippen LogP contribution < -0.4 is 5.32 Å². The van der Waals surface area contributed by atoms with Crippen molar-refractivity contribution < 1.29 is 29.3 Å². The van der Waals surface area contributed by atoms with Crippen LogP contribution in [0.15, 0.2) is 66.7 Å². The second-order valence-corrected chi connectivity index (χ2v) is 7.80. The molecule has 0 saturated carbocycles. The SMILES string of the molecule is O=Cc1cccc(C=O)c1C(O)C(O)CNC(=O)OCC1c2ccccc2-c2ccccc21. The van der Waals surface area contributed by atoms with E-state index in [9.17, 15) is 24.6 Å². The zero-order chi connectivity index (χ0) is 23.4. The lowest BCUT2D eigenvalue weighted by atomic mass is 9.94. The molecule has 7 heteroatoms. The molecule has 1 amide bonds. The summed E-state index contributed by atoms with van der Waals surface area (Å²) in [7, 11) is 0. The first-order valence-electron chi connectivity index (χ1n) is 10.5. The summed E-state index contributed by atoms with van der Waals surface area (Å²) in [5.74, 6) is -0.103. The van der Waals surface area contributed by atoms with Gasteiger partial charge >= 0.3 is 6.09 Å². The van der Waals surface area contributed by atoms with Crippen LogP contribution in [0.4, 0.5) is 4.79 Å². The molecule has 1 aliphatic rings. The van der Waals surface area contributed by atoms with Gasteiger partial charge in [0, 0.05) is 29.2 Å². The summed E-state index contributed by atoms with van der Waals surface area (Å²) >= 11 is 0. The highest BCUT2D eigenvalue weighted by Gasteiger charge is 2.29. The molecule has 0 spiro atoms. The molecule has 0 aromatic heterocycles. The van der Waals surface area contributed by atoms with E-state index in [1.807, 2.05) is 48.5 Å². The predicted octanol–water partition coefficient (Wildman–Crippen LogP) is 3.24. The van der Waals surface area contributed by atoms with Gasteiger partial charge < -0.3 is 20.3 Å². The number of carbonyl (C=O) groups is 3. The Kier molecular flexibility index (Phi) is 6.63. The number of ether oxygens (including phenoxy) is 1. The number of alkyl carbamates (subject to hydrolysis) is 1. The summed E-state index contributed by atoms with van der Waals surface area (Å²) < 4.78 is 5.41. The highest BCUT2D eigenvalue weighted by molar-refractivity contribution is 5.86. The van der Waals surface area contributed by atoms with Crippen molar-refractivity contribution in [3.63, 3.8) is 0 Å². The van der Waals surface area contributed by atoms with Crippen molar-refractivity contribution >= 4 is 18.7 Å². The van der Waals surface area contributed by atoms with Crippen LogP contribution in [0, 0.1) is 0 Å². The van der Waals surface area contributed by atoms with Gasteiger partial charge in [-0.1, -0.05) is 66.7 Å². The minimum atomic E-state index is -1.54. The van der Waals surface area contributed by atoms with E-state index in [0.717, 1.165) is 22.3 Å². The molecule has 0 fully saturated rings. The van der Waals surface area contributed by atoms with Crippen LogP contribution in [0.5, 0.6) is 0 Å². The molecule has 3 N–H and O–H groups in total. The average Bonchev–Trinajstić information content (AvgIpc) is 3.18. The Balaban J connectivity index is 1.38. The third-order valence-corrected chi connectivity index (χ3v) is 5.89. The van der Waals surface area contributed by atoms with Crippen LogP contribution in [-0.4, -0.2) is 48.1 Å². The van der Waals surface area contributed by atoms with Gasteiger partial charge in [0.2, 0.25) is 0 Å². The highest BCUT2D eigenvalue weighted by atomic mass is 16.5. The zero-order valence-electron chi connectivity index (χ0n) is 17.7. The first-order chi connectivity index (χ1) is 16.0. The number of fused-ring (bicyclic) bond motifs is 3. The Labute approximate surface area is 190 Å². The number of aliphatic hydroxyl groups excluding tert-OH is 2. The number of hydrogen-bond acceptors (Lipinski definition) is 6. The Morgan fingerprint density at radius 3 is 1.97 bits per heavy atom. The van der Waals surface area contributed by atoms with E-state index in [0.29, 0.717) is 12.6 Å². The van der Waals surface area contributed by atoms with Crippen molar-refractivity contribution in [1.82, 2.24) is 5.32 Å². The number of nitrogens with one attached hydrogen (secondary N) is 1. The normalized spacial score (nSPS) is 14.0. The molecule has 4 rings (SSSR count). The van der Waals surface area contributed by atoms with Crippen LogP contribution in [0.2, 0.25) is 0 Å². The molecule has 3 aromatic carbocycles. The summed E-state index contributed by atoms with van der Waals surface area (Å²) in [6.45, 7) is -0.217. The molecule has 0 saturated heterocycles. The number of aliphatic hydroxyl groups is 2. The number of carbonyl (C=O) groups excluding carboxylic acids is 3. The number of amides is 1. The Morgan fingerprint density at radius 2 is 1.42 bits per heavy atom. The van der Waals surface area contributed by atoms with Gasteiger partial charge in [0.25, 0.3) is 0 Å². The van der Waals surface area contributed by atoms with Crippen LogP contribution in [0.3, 0.4) is 0 Å². The minimum Gasteiger partial charge on any atom is -0.449 e. The molecule has 1 aliphatic carbocycles. The van der Waals surface area contributed by atoms with Crippen LogP contribution in [0.25, 0.3) is 11.1 Å². The molecule has 2 unspecified atom stereocenters. The van der Waals surface area contributed by atoms with E-state index < -0.39 is 18.3 Å². The van der Waals surface area contributed by atoms with Crippen molar-refractivity contribution in [3.05, 3.63) is 94.5 Å². The largest absolute Gasteiger partial charge is 0.449 e. The molecule has 168 valence electrons. The van der Waals surface area contributed by atoms with Crippen molar-refractivity contribution in [1.29, 1.82) is 0 Å². The number of benzene rings is 3. The van der Waals surface area contributed by atoms with Gasteiger partial charge in [0.15, 0.2) is 0 Å². The van der Waals surface area contributed by atoms with Gasteiger partial charge in [0.1, 0.15) is 31.4 Å². The van der Waals surface area contributed by atoms with E-state index >= 15 is 0 Å². The Hall–Kier alpha value is -3.81. The first kappa shape index (κ1) is 22.4. The van der Waals surface area contributed by atoms with Gasteiger partial charge in [-0.3, -0.25) is 9.59 Å². The van der Waals surface area contributed by atoms with E-state index in [1.165, 1.54) is 18.2 Å². The molecule has 2 atom stereocenters. The summed E-state index contributed by atoms with van der Waals surface area (Å²) in [6.07, 6.45) is -2.75. The van der Waals surface area contributed by atoms with Gasteiger partial charge in [0.05, 0.1) is 0 Å². The summed E-state index contributed by atoms with van der Waals surface area (Å²) in [4.78, 5) is 34.8. The fraction of sp³-hybridized carbons (Fsp3) is 0.192. The van der Waals surface area contributed by atoms with Crippen molar-refractivity contribution in [2.75, 3.05) is 13.2 Å². The van der Waals surface area contributed by atoms with E-state index in [1.54, 1.807) is 0 Å². The fourth-order valence-electron chi connectivity index (χ4n) is 4.29. The number of hydrogen-bond donors (Lipinski definition) is 3. The molecule has 3 aromatic rings. The molecule has 0 bridgehead atoms. The average molecular weight is 445 g/mol. The van der Waals surface area contributed by atoms with E-state index in [4.69, 9.17) is 4.74 Å². The monoisotopic (exact) mass is 445 g/mol. The van der Waals surface area contributed by atoms with E-state index in [-0.39, 0.29) is 35.8 Å². The second-order valence-electron chi connectivity index (χ2n) is 7.80. The summed E-state index contributed by atoms with van der Waals surface area (Å²) in [6, 6.07) is 20.3. The van der Waals surface area contributed by atoms with Gasteiger partial charge in [-0.2, -0.15) is 0 Å². The van der Waals surface area contributed by atoms with E-state index in [2.05, 4.69) is 5.32 Å². The fourth-order valence-corrected chi connectivity index (χ4v) is 4.29. The van der Waals surface area contributed by atoms with Crippen LogP contribution in [0.1, 0.15) is 49.4 Å². The molecule has 0 heterocycles. The molecule has 0 radical (unpaired) electrons. The van der Waals surface area contributed by atoms with Crippen molar-refractivity contribution in [2.45, 2.75) is 18.1 Å². The lowest BCUT2D eigenvalue weighted by Gasteiger charge is -2.21. The quantitative estimate of drug-likeness (QED) is 0.459. The van der Waals surface area contributed by atoms with Crippen molar-refractivity contribution in [2.24, 2.45) is 0 Å². The van der Waals surface area contributed by atoms with Crippen molar-refractivity contribution in [3.8, 4) is 11.1 Å². The molecule has 0 aliphatic heterocycles. The van der Waals surface area contributed by atoms with Crippen LogP contribution >= 0.6 is 0 Å². The van der Waals surface area contributed by atoms with Gasteiger partial charge in [-0.15, -0.1) is 0 Å². The molecule has 7 nitrogen and oxygen atoms in total. The lowest BCUT2D eigenvalue weighted by Crippen LogP contribution is -2.36. The smallest absolute Gasteiger partial charge is 0.407 e. The van der Waals surface area contributed by atoms with Gasteiger partial charge in [-0.05, 0) is 22.3 Å². The maximum absolute atomic E-state index is 12.3. The second kappa shape index (κ2) is 9.77. The first-order valence-corrected chi connectivity index (χ1v) is 10.5. The molecule has 33 heavy (non-hydrogen) atoms. The summed E-state index contributed by atoms with van der Waals surface area (Å²) in [5, 5.41) is 23.3. The van der Waals surface area contributed by atoms with Crippen LogP contribution in [-0.2, 0) is 4.74 Å². The molecular weight excluding hydrogens is 422 g/mol. The molecular formula is C26H23NO6. The Morgan fingerprint density at radius 1 is 0.879 bits per heavy atom. The topological polar surface area (TPSA) is 113 Å². The minimum absolute atomic E-state index is 0.0179. The maximum atomic E-state index is 12.3. The predicted molar refractivity (Wildman–Crippen MR) is 121 cm³/mol. The summed E-state index contributed by atoms with van der Waals surface area (Å²) in [5.41, 5.74) is 4.58. The number of rotatable bonds is 8. The maximum Gasteiger partial charge on any atom is 0.407 e. The Bertz CT molecular complexity index is 1120. The zero-order valence-corrected chi connectivity index (χ0v) is 17.7. The van der Waals surface area contributed by atoms with Gasteiger partial charge in [-0.25, -0.2) is 4.79 Å². The number of aldehydes is 2.